The number of benzene rings is 3. The molecule has 0 N–H and O–H groups in total. The molecule has 2 saturated carbocycles. The first kappa shape index (κ1) is 42.6. The maximum Gasteiger partial charge on any atom is 0.337 e. The quantitative estimate of drug-likeness (QED) is 0.133. The molecule has 2 aliphatic rings. The van der Waals surface area contributed by atoms with E-state index in [1.807, 2.05) is 52.0 Å². The van der Waals surface area contributed by atoms with Crippen molar-refractivity contribution in [1.82, 2.24) is 0 Å². The highest BCUT2D eigenvalue weighted by atomic mass is 79.9. The van der Waals surface area contributed by atoms with Crippen molar-refractivity contribution < 1.29 is 28.5 Å². The maximum absolute atomic E-state index is 13.9. The second-order valence-corrected chi connectivity index (χ2v) is 18.6. The Morgan fingerprint density at radius 1 is 0.630 bits per heavy atom. The van der Waals surface area contributed by atoms with E-state index in [0.717, 1.165) is 59.1 Å². The molecule has 6 atom stereocenters. The van der Waals surface area contributed by atoms with E-state index in [1.54, 1.807) is 0 Å². The summed E-state index contributed by atoms with van der Waals surface area (Å²) in [7, 11) is 0. The maximum atomic E-state index is 13.9. The summed E-state index contributed by atoms with van der Waals surface area (Å²) >= 11 is 7.79. The van der Waals surface area contributed by atoms with Gasteiger partial charge in [-0.3, -0.25) is 0 Å². The molecule has 2 fully saturated rings. The molecule has 0 unspecified atom stereocenters. The van der Waals surface area contributed by atoms with E-state index in [-0.39, 0.29) is 25.4 Å². The van der Waals surface area contributed by atoms with Crippen LogP contribution in [0.4, 0.5) is 0 Å². The van der Waals surface area contributed by atoms with Gasteiger partial charge >= 0.3 is 11.9 Å². The van der Waals surface area contributed by atoms with Crippen molar-refractivity contribution in [1.29, 1.82) is 0 Å². The summed E-state index contributed by atoms with van der Waals surface area (Å²) in [6.45, 7) is 21.2. The summed E-state index contributed by atoms with van der Waals surface area (Å²) in [4.78, 5) is 27.7. The predicted molar refractivity (Wildman–Crippen MR) is 225 cm³/mol. The van der Waals surface area contributed by atoms with Crippen molar-refractivity contribution in [2.24, 2.45) is 35.5 Å². The van der Waals surface area contributed by atoms with Gasteiger partial charge in [-0.2, -0.15) is 0 Å². The summed E-state index contributed by atoms with van der Waals surface area (Å²) in [6.07, 6.45) is 6.39. The minimum absolute atomic E-state index is 0.00212. The zero-order valence-corrected chi connectivity index (χ0v) is 37.1. The highest BCUT2D eigenvalue weighted by Crippen LogP contribution is 2.55. The zero-order valence-electron chi connectivity index (χ0n) is 33.9. The topological polar surface area (TPSA) is 71.1 Å². The van der Waals surface area contributed by atoms with E-state index in [4.69, 9.17) is 18.9 Å². The molecule has 0 aromatic heterocycles. The van der Waals surface area contributed by atoms with Crippen LogP contribution in [0.15, 0.2) is 45.3 Å². The first-order valence-corrected chi connectivity index (χ1v) is 21.5. The fraction of sp³-hybridized carbons (Fsp3) is 0.565. The number of hydrogen-bond donors (Lipinski definition) is 0. The van der Waals surface area contributed by atoms with Gasteiger partial charge in [-0.15, -0.1) is 0 Å². The number of aryl methyl sites for hydroxylation is 4. The number of ether oxygens (including phenoxy) is 4. The Morgan fingerprint density at radius 2 is 1.00 bits per heavy atom. The second kappa shape index (κ2) is 18.6. The van der Waals surface area contributed by atoms with Crippen LogP contribution in [0.5, 0.6) is 11.5 Å². The first-order valence-electron chi connectivity index (χ1n) is 19.9. The van der Waals surface area contributed by atoms with Crippen molar-refractivity contribution in [2.45, 2.75) is 120 Å². The molecule has 294 valence electrons. The molecule has 0 saturated heterocycles. The summed E-state index contributed by atoms with van der Waals surface area (Å²) in [5, 5.41) is 0. The van der Waals surface area contributed by atoms with E-state index >= 15 is 0 Å². The summed E-state index contributed by atoms with van der Waals surface area (Å²) in [5.74, 6) is 2.51. The van der Waals surface area contributed by atoms with Gasteiger partial charge in [0, 0.05) is 11.1 Å². The van der Waals surface area contributed by atoms with Crippen LogP contribution in [-0.2, 0) is 19.1 Å². The van der Waals surface area contributed by atoms with Crippen LogP contribution in [0.3, 0.4) is 0 Å². The van der Waals surface area contributed by atoms with Gasteiger partial charge < -0.3 is 18.9 Å². The molecule has 54 heavy (non-hydrogen) atoms. The number of esters is 2. The van der Waals surface area contributed by atoms with E-state index in [2.05, 4.69) is 85.5 Å². The molecule has 0 heterocycles. The fourth-order valence-corrected chi connectivity index (χ4v) is 10.1. The van der Waals surface area contributed by atoms with Gasteiger partial charge in [0.15, 0.2) is 11.5 Å². The van der Waals surface area contributed by atoms with Crippen LogP contribution in [0.2, 0.25) is 0 Å². The van der Waals surface area contributed by atoms with E-state index in [9.17, 15) is 9.59 Å². The number of halogens is 2. The van der Waals surface area contributed by atoms with Gasteiger partial charge in [-0.1, -0.05) is 102 Å². The van der Waals surface area contributed by atoms with Gasteiger partial charge in [0.05, 0.1) is 21.2 Å². The Balaban J connectivity index is 1.57. The minimum Gasteiger partial charge on any atom is -0.423 e. The Hall–Kier alpha value is -2.52. The van der Waals surface area contributed by atoms with Crippen LogP contribution in [0.25, 0.3) is 22.3 Å². The normalized spacial score (nSPS) is 23.1. The molecule has 0 amide bonds. The lowest BCUT2D eigenvalue weighted by molar-refractivity contribution is -0.145. The number of rotatable bonds is 12. The zero-order chi connectivity index (χ0) is 39.4. The molecular formula is C46H60Br2O6. The minimum atomic E-state index is -0.486. The molecule has 6 nitrogen and oxygen atoms in total. The number of hydrogen-bond acceptors (Lipinski definition) is 6. The molecule has 0 spiro atoms. The molecule has 0 aliphatic heterocycles. The van der Waals surface area contributed by atoms with Gasteiger partial charge in [0.25, 0.3) is 0 Å². The summed E-state index contributed by atoms with van der Waals surface area (Å²) in [6, 6.07) is 12.3. The molecule has 3 aromatic rings. The van der Waals surface area contributed by atoms with Crippen LogP contribution >= 0.6 is 31.9 Å². The highest BCUT2D eigenvalue weighted by Gasteiger charge is 2.35. The van der Waals surface area contributed by atoms with Crippen molar-refractivity contribution >= 4 is 43.8 Å². The summed E-state index contributed by atoms with van der Waals surface area (Å²) < 4.78 is 26.5. The molecule has 3 aromatic carbocycles. The molecular weight excluding hydrogens is 808 g/mol. The fourth-order valence-electron chi connectivity index (χ4n) is 8.76. The van der Waals surface area contributed by atoms with Gasteiger partial charge in [-0.25, -0.2) is 9.59 Å². The van der Waals surface area contributed by atoms with Crippen molar-refractivity contribution in [3.05, 3.63) is 67.6 Å². The Bertz CT molecular complexity index is 1680. The van der Waals surface area contributed by atoms with Gasteiger partial charge in [-0.05, 0) is 143 Å². The first-order chi connectivity index (χ1) is 25.5. The largest absolute Gasteiger partial charge is 0.423 e. The van der Waals surface area contributed by atoms with Crippen LogP contribution in [0.1, 0.15) is 102 Å². The van der Waals surface area contributed by atoms with Gasteiger partial charge in [0.1, 0.15) is 13.2 Å². The van der Waals surface area contributed by atoms with Crippen molar-refractivity contribution in [3.63, 3.8) is 0 Å². The van der Waals surface area contributed by atoms with Crippen LogP contribution < -0.4 is 9.47 Å². The highest BCUT2D eigenvalue weighted by molar-refractivity contribution is 9.11. The van der Waals surface area contributed by atoms with Crippen LogP contribution in [-0.4, -0.2) is 37.4 Å². The smallest absolute Gasteiger partial charge is 0.337 e. The molecule has 0 radical (unpaired) electrons. The lowest BCUT2D eigenvalue weighted by Crippen LogP contribution is -2.36. The monoisotopic (exact) mass is 866 g/mol. The second-order valence-electron chi connectivity index (χ2n) is 17.0. The molecule has 5 rings (SSSR count). The third-order valence-electron chi connectivity index (χ3n) is 11.8. The molecule has 0 bridgehead atoms. The molecule has 8 heteroatoms. The SMILES string of the molecule is Cc1ccc(-c2c(Br)c(OC(=O)CO[C@@H]3C[C@H](C)CC[C@@H]3C(C)C)c(-c3ccc(C)cc3C)c(Br)c2OC(=O)CO[C@H]2C[C@H](C)CC[C@@H]2C(C)C)c(C)c1. The Morgan fingerprint density at radius 3 is 1.33 bits per heavy atom. The average Bonchev–Trinajstić information content (AvgIpc) is 3.09. The van der Waals surface area contributed by atoms with E-state index in [0.29, 0.717) is 67.1 Å². The number of carbonyl (C=O) groups is 2. The predicted octanol–water partition coefficient (Wildman–Crippen LogP) is 12.5. The Kier molecular flexibility index (Phi) is 14.7. The molecule has 2 aliphatic carbocycles. The standard InChI is InChI=1S/C46H60Br2O6/c1-25(2)33-15-11-29(7)21-37(33)51-23-39(49)53-45-41(35-17-13-27(5)19-31(35)9)44(48)46(42(43(45)47)36-18-14-28(6)20-32(36)10)54-40(50)24-52-38-22-30(8)12-16-34(38)26(3)4/h13-14,17-20,25-26,29-30,33-34,37-38H,11-12,15-16,21-24H2,1-10H3/t29-,30-,33-,34-,37-,38+/m1/s1. The average molecular weight is 869 g/mol. The van der Waals surface area contributed by atoms with Crippen molar-refractivity contribution in [2.75, 3.05) is 13.2 Å². The third kappa shape index (κ3) is 10.1. The van der Waals surface area contributed by atoms with E-state index < -0.39 is 11.9 Å². The van der Waals surface area contributed by atoms with Gasteiger partial charge in [0.2, 0.25) is 0 Å². The summed E-state index contributed by atoms with van der Waals surface area (Å²) in [5.41, 5.74) is 7.08. The van der Waals surface area contributed by atoms with Crippen molar-refractivity contribution in [3.8, 4) is 33.8 Å². The van der Waals surface area contributed by atoms with Crippen LogP contribution in [0, 0.1) is 63.2 Å². The third-order valence-corrected chi connectivity index (χ3v) is 13.3. The lowest BCUT2D eigenvalue weighted by atomic mass is 9.75. The Labute approximate surface area is 340 Å². The van der Waals surface area contributed by atoms with E-state index in [1.165, 1.54) is 12.8 Å². The lowest BCUT2D eigenvalue weighted by Gasteiger charge is -2.37. The number of carbonyl (C=O) groups excluding carboxylic acids is 2.